The molecule has 0 heterocycles. The van der Waals surface area contributed by atoms with E-state index in [4.69, 9.17) is 4.74 Å². The first-order valence-electron chi connectivity index (χ1n) is 13.3. The summed E-state index contributed by atoms with van der Waals surface area (Å²) < 4.78 is 5.39. The van der Waals surface area contributed by atoms with E-state index in [1.54, 1.807) is 40.7 Å². The van der Waals surface area contributed by atoms with Gasteiger partial charge in [-0.3, -0.25) is 9.59 Å². The summed E-state index contributed by atoms with van der Waals surface area (Å²) in [6.07, 6.45) is -0.749. The van der Waals surface area contributed by atoms with Gasteiger partial charge in [0.15, 0.2) is 0 Å². The van der Waals surface area contributed by atoms with Gasteiger partial charge in [0.2, 0.25) is 5.91 Å². The Balaban J connectivity index is 2.06. The molecule has 8 nitrogen and oxygen atoms in total. The predicted molar refractivity (Wildman–Crippen MR) is 157 cm³/mol. The number of hydrogen-bond acceptors (Lipinski definition) is 5. The van der Waals surface area contributed by atoms with Crippen LogP contribution in [0.4, 0.5) is 10.5 Å². The highest BCUT2D eigenvalue weighted by molar-refractivity contribution is 6.01. The fourth-order valence-corrected chi connectivity index (χ4v) is 4.66. The van der Waals surface area contributed by atoms with Crippen LogP contribution in [0.15, 0.2) is 60.7 Å². The van der Waals surface area contributed by atoms with Gasteiger partial charge in [-0.15, -0.1) is 0 Å². The molecule has 8 heteroatoms. The highest BCUT2D eigenvalue weighted by Gasteiger charge is 2.38. The molecule has 3 rings (SSSR count). The minimum absolute atomic E-state index is 0.344. The normalized spacial score (nSPS) is 12.8. The summed E-state index contributed by atoms with van der Waals surface area (Å²) in [5, 5.41) is 17.4. The zero-order chi connectivity index (χ0) is 29.6. The molecule has 0 fully saturated rings. The van der Waals surface area contributed by atoms with Crippen LogP contribution < -0.4 is 10.6 Å². The number of carbonyl (C=O) groups is 3. The molecule has 0 radical (unpaired) electrons. The van der Waals surface area contributed by atoms with Crippen LogP contribution in [-0.2, 0) is 14.3 Å². The Hall–Kier alpha value is -4.38. The number of aryl methyl sites for hydroxylation is 2. The number of fused-ring (bicyclic) bond motifs is 1. The summed E-state index contributed by atoms with van der Waals surface area (Å²) in [7, 11) is 0. The van der Waals surface area contributed by atoms with Crippen molar-refractivity contribution in [3.05, 3.63) is 77.4 Å². The van der Waals surface area contributed by atoms with E-state index in [1.807, 2.05) is 74.5 Å². The molecule has 0 saturated heterocycles. The summed E-state index contributed by atoms with van der Waals surface area (Å²) >= 11 is 0. The predicted octanol–water partition coefficient (Wildman–Crippen LogP) is 6.04. The molecule has 0 bridgehead atoms. The third-order valence-corrected chi connectivity index (χ3v) is 6.52. The maximum Gasteiger partial charge on any atom is 0.408 e. The molecular weight excluding hydrogens is 504 g/mol. The van der Waals surface area contributed by atoms with Crippen LogP contribution in [0.25, 0.3) is 10.8 Å². The van der Waals surface area contributed by atoms with Crippen molar-refractivity contribution in [2.24, 2.45) is 5.92 Å². The van der Waals surface area contributed by atoms with E-state index in [0.717, 1.165) is 21.9 Å². The zero-order valence-electron chi connectivity index (χ0n) is 24.2. The highest BCUT2D eigenvalue weighted by Crippen LogP contribution is 2.30. The van der Waals surface area contributed by atoms with Crippen molar-refractivity contribution in [3.63, 3.8) is 0 Å². The lowest BCUT2D eigenvalue weighted by atomic mass is 9.92. The number of ether oxygens (including phenoxy) is 1. The first kappa shape index (κ1) is 30.2. The molecular formula is C32H38N4O4. The van der Waals surface area contributed by atoms with Gasteiger partial charge < -0.3 is 20.3 Å². The van der Waals surface area contributed by atoms with E-state index in [1.165, 1.54) is 4.90 Å². The number of nitriles is 1. The minimum Gasteiger partial charge on any atom is -0.444 e. The van der Waals surface area contributed by atoms with Gasteiger partial charge in [0.1, 0.15) is 24.2 Å². The van der Waals surface area contributed by atoms with Crippen LogP contribution >= 0.6 is 0 Å². The maximum absolute atomic E-state index is 14.1. The van der Waals surface area contributed by atoms with Crippen LogP contribution in [0, 0.1) is 31.1 Å². The maximum atomic E-state index is 14.1. The Morgan fingerprint density at radius 1 is 0.950 bits per heavy atom. The number of rotatable bonds is 8. The largest absolute Gasteiger partial charge is 0.444 e. The number of carbonyl (C=O) groups excluding carboxylic acids is 3. The van der Waals surface area contributed by atoms with Crippen molar-refractivity contribution in [3.8, 4) is 6.07 Å². The molecule has 0 aliphatic carbocycles. The molecule has 3 amide bonds. The molecule has 0 spiro atoms. The number of nitrogens with zero attached hydrogens (tertiary/aromatic N) is 2. The van der Waals surface area contributed by atoms with E-state index >= 15 is 0 Å². The van der Waals surface area contributed by atoms with Crippen LogP contribution in [0.3, 0.4) is 0 Å². The van der Waals surface area contributed by atoms with Crippen molar-refractivity contribution in [2.45, 2.75) is 66.2 Å². The quantitative estimate of drug-likeness (QED) is 0.337. The SMILES string of the molecule is Cc1cccc(C)c1C(C(=O)Nc1ccc2ccccc2c1)N(CC#N)C(=O)C(NC(=O)OC(C)(C)C)C(C)C. The summed E-state index contributed by atoms with van der Waals surface area (Å²) in [6.45, 7) is 12.1. The Morgan fingerprint density at radius 2 is 1.57 bits per heavy atom. The smallest absolute Gasteiger partial charge is 0.408 e. The van der Waals surface area contributed by atoms with Crippen molar-refractivity contribution < 1.29 is 19.1 Å². The number of alkyl carbamates (subject to hydrolysis) is 1. The molecule has 0 saturated carbocycles. The third kappa shape index (κ3) is 7.38. The standard InChI is InChI=1S/C32H38N4O4/c1-20(2)27(35-31(39)40-32(5,6)7)30(38)36(18-17-33)28(26-21(3)11-10-12-22(26)4)29(37)34-25-16-15-23-13-8-9-14-24(23)19-25/h8-16,19-20,27-28H,18H2,1-7H3,(H,34,37)(H,35,39). The third-order valence-electron chi connectivity index (χ3n) is 6.52. The first-order chi connectivity index (χ1) is 18.8. The van der Waals surface area contributed by atoms with Crippen molar-refractivity contribution in [1.29, 1.82) is 5.26 Å². The van der Waals surface area contributed by atoms with E-state index in [2.05, 4.69) is 10.6 Å². The zero-order valence-corrected chi connectivity index (χ0v) is 24.2. The molecule has 210 valence electrons. The van der Waals surface area contributed by atoms with E-state index in [-0.39, 0.29) is 12.5 Å². The molecule has 2 N–H and O–H groups in total. The molecule has 2 unspecified atom stereocenters. The van der Waals surface area contributed by atoms with Crippen LogP contribution in [0.1, 0.15) is 57.4 Å². The molecule has 3 aromatic rings. The van der Waals surface area contributed by atoms with Crippen LogP contribution in [0.2, 0.25) is 0 Å². The van der Waals surface area contributed by atoms with E-state index < -0.39 is 35.6 Å². The number of hydrogen-bond donors (Lipinski definition) is 2. The second-order valence-electron chi connectivity index (χ2n) is 11.3. The van der Waals surface area contributed by atoms with E-state index in [0.29, 0.717) is 11.3 Å². The molecule has 3 aromatic carbocycles. The average molecular weight is 543 g/mol. The lowest BCUT2D eigenvalue weighted by Gasteiger charge is -2.35. The van der Waals surface area contributed by atoms with E-state index in [9.17, 15) is 19.6 Å². The second kappa shape index (κ2) is 12.6. The fourth-order valence-electron chi connectivity index (χ4n) is 4.66. The van der Waals surface area contributed by atoms with Gasteiger partial charge in [0, 0.05) is 5.69 Å². The van der Waals surface area contributed by atoms with Crippen molar-refractivity contribution >= 4 is 34.4 Å². The van der Waals surface area contributed by atoms with Gasteiger partial charge >= 0.3 is 6.09 Å². The minimum atomic E-state index is -1.12. The second-order valence-corrected chi connectivity index (χ2v) is 11.3. The van der Waals surface area contributed by atoms with Crippen molar-refractivity contribution in [1.82, 2.24) is 10.2 Å². The van der Waals surface area contributed by atoms with Gasteiger partial charge in [-0.1, -0.05) is 62.4 Å². The van der Waals surface area contributed by atoms with Gasteiger partial charge in [-0.25, -0.2) is 4.79 Å². The summed E-state index contributed by atoms with van der Waals surface area (Å²) in [4.78, 5) is 42.0. The van der Waals surface area contributed by atoms with Gasteiger partial charge in [0.05, 0.1) is 6.07 Å². The van der Waals surface area contributed by atoms with Crippen LogP contribution in [-0.4, -0.2) is 41.0 Å². The number of nitrogens with one attached hydrogen (secondary N) is 2. The monoisotopic (exact) mass is 542 g/mol. The highest BCUT2D eigenvalue weighted by atomic mass is 16.6. The number of benzene rings is 3. The topological polar surface area (TPSA) is 112 Å². The molecule has 0 aliphatic rings. The number of anilines is 1. The van der Waals surface area contributed by atoms with Crippen LogP contribution in [0.5, 0.6) is 0 Å². The fraction of sp³-hybridized carbons (Fsp3) is 0.375. The summed E-state index contributed by atoms with van der Waals surface area (Å²) in [5.41, 5.74) is 2.04. The van der Waals surface area contributed by atoms with Gasteiger partial charge in [-0.05, 0) is 80.1 Å². The lowest BCUT2D eigenvalue weighted by Crippen LogP contribution is -2.54. The lowest BCUT2D eigenvalue weighted by molar-refractivity contribution is -0.141. The Labute approximate surface area is 236 Å². The van der Waals surface area contributed by atoms with Gasteiger partial charge in [0.25, 0.3) is 5.91 Å². The molecule has 40 heavy (non-hydrogen) atoms. The molecule has 2 atom stereocenters. The number of amides is 3. The van der Waals surface area contributed by atoms with Crippen molar-refractivity contribution in [2.75, 3.05) is 11.9 Å². The Morgan fingerprint density at radius 3 is 2.15 bits per heavy atom. The summed E-state index contributed by atoms with van der Waals surface area (Å²) in [6, 6.07) is 18.9. The molecule has 0 aliphatic heterocycles. The van der Waals surface area contributed by atoms with Gasteiger partial charge in [-0.2, -0.15) is 5.26 Å². The average Bonchev–Trinajstić information content (AvgIpc) is 2.87. The Bertz CT molecular complexity index is 1410. The first-order valence-corrected chi connectivity index (χ1v) is 13.3. The Kier molecular flexibility index (Phi) is 9.54. The summed E-state index contributed by atoms with van der Waals surface area (Å²) in [5.74, 6) is -1.36. The molecule has 0 aromatic heterocycles.